The van der Waals surface area contributed by atoms with E-state index in [1.165, 1.54) is 31.2 Å². The minimum absolute atomic E-state index is 0.710. The number of hydrogen-bond donors (Lipinski definition) is 1. The van der Waals surface area contributed by atoms with Crippen molar-refractivity contribution in [3.05, 3.63) is 35.9 Å². The summed E-state index contributed by atoms with van der Waals surface area (Å²) in [5.41, 5.74) is 1.45. The zero-order valence-electron chi connectivity index (χ0n) is 11.6. The van der Waals surface area contributed by atoms with E-state index < -0.39 is 0 Å². The van der Waals surface area contributed by atoms with Crippen LogP contribution in [-0.4, -0.2) is 18.3 Å². The highest BCUT2D eigenvalue weighted by Gasteiger charge is 2.28. The van der Waals surface area contributed by atoms with E-state index in [-0.39, 0.29) is 0 Å². The van der Waals surface area contributed by atoms with E-state index in [2.05, 4.69) is 61.4 Å². The Morgan fingerprint density at radius 1 is 1.22 bits per heavy atom. The second-order valence-corrected chi connectivity index (χ2v) is 6.55. The van der Waals surface area contributed by atoms with Crippen molar-refractivity contribution in [2.45, 2.75) is 49.7 Å². The van der Waals surface area contributed by atoms with Crippen molar-refractivity contribution >= 4 is 11.8 Å². The SMILES string of the molecule is CCC1CCC(NC)C(SCc2ccccc2)C1. The Morgan fingerprint density at radius 2 is 2.00 bits per heavy atom. The minimum Gasteiger partial charge on any atom is -0.316 e. The molecular weight excluding hydrogens is 238 g/mol. The lowest BCUT2D eigenvalue weighted by Crippen LogP contribution is -2.40. The van der Waals surface area contributed by atoms with Crippen LogP contribution in [0, 0.1) is 5.92 Å². The van der Waals surface area contributed by atoms with Gasteiger partial charge in [-0.3, -0.25) is 0 Å². The van der Waals surface area contributed by atoms with Crippen LogP contribution in [0.15, 0.2) is 30.3 Å². The average molecular weight is 263 g/mol. The number of rotatable bonds is 5. The summed E-state index contributed by atoms with van der Waals surface area (Å²) in [6.45, 7) is 2.34. The largest absolute Gasteiger partial charge is 0.316 e. The number of thioether (sulfide) groups is 1. The molecule has 0 heterocycles. The normalized spacial score (nSPS) is 28.2. The molecular formula is C16H25NS. The van der Waals surface area contributed by atoms with Gasteiger partial charge in [0.15, 0.2) is 0 Å². The second kappa shape index (κ2) is 7.20. The van der Waals surface area contributed by atoms with Crippen molar-refractivity contribution in [2.24, 2.45) is 5.92 Å². The summed E-state index contributed by atoms with van der Waals surface area (Å²) in [6.07, 6.45) is 5.49. The maximum atomic E-state index is 3.51. The molecule has 0 saturated heterocycles. The third kappa shape index (κ3) is 3.76. The van der Waals surface area contributed by atoms with Gasteiger partial charge in [-0.25, -0.2) is 0 Å². The molecule has 0 bridgehead atoms. The van der Waals surface area contributed by atoms with Crippen molar-refractivity contribution < 1.29 is 0 Å². The molecule has 0 aromatic heterocycles. The quantitative estimate of drug-likeness (QED) is 0.859. The molecule has 3 unspecified atom stereocenters. The van der Waals surface area contributed by atoms with Crippen LogP contribution in [0.5, 0.6) is 0 Å². The highest BCUT2D eigenvalue weighted by Crippen LogP contribution is 2.35. The molecule has 1 fully saturated rings. The van der Waals surface area contributed by atoms with E-state index in [0.717, 1.165) is 16.9 Å². The summed E-state index contributed by atoms with van der Waals surface area (Å²) in [7, 11) is 2.12. The van der Waals surface area contributed by atoms with Crippen molar-refractivity contribution in [3.8, 4) is 0 Å². The molecule has 0 amide bonds. The first-order valence-electron chi connectivity index (χ1n) is 7.16. The van der Waals surface area contributed by atoms with Crippen LogP contribution in [-0.2, 0) is 5.75 Å². The Kier molecular flexibility index (Phi) is 5.58. The van der Waals surface area contributed by atoms with Gasteiger partial charge in [-0.15, -0.1) is 0 Å². The van der Waals surface area contributed by atoms with Crippen LogP contribution in [0.3, 0.4) is 0 Å². The molecule has 100 valence electrons. The molecule has 1 aromatic carbocycles. The number of nitrogens with one attached hydrogen (secondary N) is 1. The molecule has 1 saturated carbocycles. The van der Waals surface area contributed by atoms with Crippen LogP contribution < -0.4 is 5.32 Å². The van der Waals surface area contributed by atoms with Gasteiger partial charge in [0.25, 0.3) is 0 Å². The molecule has 1 aromatic rings. The Labute approximate surface area is 116 Å². The van der Waals surface area contributed by atoms with Crippen molar-refractivity contribution in [1.29, 1.82) is 0 Å². The summed E-state index contributed by atoms with van der Waals surface area (Å²) in [4.78, 5) is 0. The molecule has 1 N–H and O–H groups in total. The van der Waals surface area contributed by atoms with Gasteiger partial charge in [-0.1, -0.05) is 43.7 Å². The highest BCUT2D eigenvalue weighted by atomic mass is 32.2. The van der Waals surface area contributed by atoms with Crippen LogP contribution in [0.4, 0.5) is 0 Å². The molecule has 18 heavy (non-hydrogen) atoms. The number of hydrogen-bond acceptors (Lipinski definition) is 2. The Morgan fingerprint density at radius 3 is 2.67 bits per heavy atom. The maximum Gasteiger partial charge on any atom is 0.0207 e. The topological polar surface area (TPSA) is 12.0 Å². The monoisotopic (exact) mass is 263 g/mol. The molecule has 2 heteroatoms. The maximum absolute atomic E-state index is 3.51. The lowest BCUT2D eigenvalue weighted by molar-refractivity contribution is 0.304. The Balaban J connectivity index is 1.88. The van der Waals surface area contributed by atoms with E-state index in [9.17, 15) is 0 Å². The van der Waals surface area contributed by atoms with Crippen molar-refractivity contribution in [1.82, 2.24) is 5.32 Å². The molecule has 1 aliphatic carbocycles. The standard InChI is InChI=1S/C16H25NS/c1-3-13-9-10-15(17-2)16(11-13)18-12-14-7-5-4-6-8-14/h4-8,13,15-17H,3,9-12H2,1-2H3. The summed E-state index contributed by atoms with van der Waals surface area (Å²) in [5, 5.41) is 4.30. The first-order chi connectivity index (χ1) is 8.83. The molecule has 1 aliphatic rings. The van der Waals surface area contributed by atoms with Gasteiger partial charge in [0, 0.05) is 17.0 Å². The summed E-state index contributed by atoms with van der Waals surface area (Å²) in [5.74, 6) is 2.10. The van der Waals surface area contributed by atoms with Crippen molar-refractivity contribution in [2.75, 3.05) is 7.05 Å². The summed E-state index contributed by atoms with van der Waals surface area (Å²) < 4.78 is 0. The fourth-order valence-corrected chi connectivity index (χ4v) is 4.39. The predicted octanol–water partition coefficient (Wildman–Crippen LogP) is 4.09. The third-order valence-corrected chi connectivity index (χ3v) is 5.60. The third-order valence-electron chi connectivity index (χ3n) is 4.16. The van der Waals surface area contributed by atoms with E-state index >= 15 is 0 Å². The van der Waals surface area contributed by atoms with Gasteiger partial charge in [-0.2, -0.15) is 11.8 Å². The fraction of sp³-hybridized carbons (Fsp3) is 0.625. The lowest BCUT2D eigenvalue weighted by Gasteiger charge is -2.35. The van der Waals surface area contributed by atoms with Gasteiger partial charge in [0.2, 0.25) is 0 Å². The van der Waals surface area contributed by atoms with Gasteiger partial charge >= 0.3 is 0 Å². The molecule has 3 atom stereocenters. The number of benzene rings is 1. The van der Waals surface area contributed by atoms with Crippen molar-refractivity contribution in [3.63, 3.8) is 0 Å². The van der Waals surface area contributed by atoms with Gasteiger partial charge < -0.3 is 5.32 Å². The van der Waals surface area contributed by atoms with E-state index in [1.807, 2.05) is 0 Å². The van der Waals surface area contributed by atoms with E-state index in [4.69, 9.17) is 0 Å². The van der Waals surface area contributed by atoms with Gasteiger partial charge in [0.1, 0.15) is 0 Å². The highest BCUT2D eigenvalue weighted by molar-refractivity contribution is 7.99. The average Bonchev–Trinajstić information content (AvgIpc) is 2.45. The summed E-state index contributed by atoms with van der Waals surface area (Å²) >= 11 is 2.14. The van der Waals surface area contributed by atoms with Gasteiger partial charge in [-0.05, 0) is 37.8 Å². The molecule has 2 rings (SSSR count). The first-order valence-corrected chi connectivity index (χ1v) is 8.21. The van der Waals surface area contributed by atoms with Crippen LogP contribution >= 0.6 is 11.8 Å². The van der Waals surface area contributed by atoms with Crippen LogP contribution in [0.25, 0.3) is 0 Å². The van der Waals surface area contributed by atoms with Crippen LogP contribution in [0.2, 0.25) is 0 Å². The molecule has 0 aliphatic heterocycles. The lowest BCUT2D eigenvalue weighted by atomic mass is 9.84. The summed E-state index contributed by atoms with van der Waals surface area (Å²) in [6, 6.07) is 11.6. The first kappa shape index (κ1) is 14.0. The zero-order valence-corrected chi connectivity index (χ0v) is 12.4. The van der Waals surface area contributed by atoms with Gasteiger partial charge in [0.05, 0.1) is 0 Å². The predicted molar refractivity (Wildman–Crippen MR) is 82.0 cm³/mol. The second-order valence-electron chi connectivity index (χ2n) is 5.32. The van der Waals surface area contributed by atoms with Crippen LogP contribution in [0.1, 0.15) is 38.2 Å². The Bertz CT molecular complexity index is 338. The minimum atomic E-state index is 0.710. The molecule has 1 nitrogen and oxygen atoms in total. The molecule has 0 spiro atoms. The zero-order chi connectivity index (χ0) is 12.8. The fourth-order valence-electron chi connectivity index (χ4n) is 2.87. The Hall–Kier alpha value is -0.470. The smallest absolute Gasteiger partial charge is 0.0207 e. The molecule has 0 radical (unpaired) electrons. The van der Waals surface area contributed by atoms with E-state index in [1.54, 1.807) is 0 Å². The van der Waals surface area contributed by atoms with E-state index in [0.29, 0.717) is 6.04 Å².